The quantitative estimate of drug-likeness (QED) is 0.184. The van der Waals surface area contributed by atoms with Gasteiger partial charge < -0.3 is 0 Å². The molecule has 0 saturated carbocycles. The summed E-state index contributed by atoms with van der Waals surface area (Å²) in [6.45, 7) is 2.10. The Hall–Kier alpha value is -6.77. The summed E-state index contributed by atoms with van der Waals surface area (Å²) in [6, 6.07) is 64.4. The number of benzene rings is 9. The summed E-state index contributed by atoms with van der Waals surface area (Å²) in [5.41, 5.74) is 16.1. The molecule has 11 rings (SSSR count). The molecule has 9 aromatic carbocycles. The van der Waals surface area contributed by atoms with Crippen LogP contribution < -0.4 is 0 Å². The fraction of sp³-hybridized carbons (Fsp3) is 0.0200. The zero-order valence-corrected chi connectivity index (χ0v) is 28.6. The Labute approximate surface area is 301 Å². The lowest BCUT2D eigenvalue weighted by Gasteiger charge is -2.20. The van der Waals surface area contributed by atoms with Crippen LogP contribution >= 0.6 is 0 Å². The second-order valence-electron chi connectivity index (χ2n) is 13.8. The second kappa shape index (κ2) is 11.1. The highest BCUT2D eigenvalue weighted by atomic mass is 15.1. The van der Waals surface area contributed by atoms with Crippen molar-refractivity contribution in [1.82, 2.24) is 9.55 Å². The van der Waals surface area contributed by atoms with Crippen molar-refractivity contribution in [3.8, 4) is 61.3 Å². The van der Waals surface area contributed by atoms with E-state index in [9.17, 15) is 0 Å². The van der Waals surface area contributed by atoms with E-state index in [2.05, 4.69) is 187 Å². The van der Waals surface area contributed by atoms with Crippen LogP contribution in [0.1, 0.15) is 5.82 Å². The summed E-state index contributed by atoms with van der Waals surface area (Å²) in [7, 11) is 0. The first-order chi connectivity index (χ1) is 25.8. The number of hydrogen-bond acceptors (Lipinski definition) is 1. The smallest absolute Gasteiger partial charge is 0.111 e. The highest BCUT2D eigenvalue weighted by Gasteiger charge is 2.31. The molecule has 0 N–H and O–H groups in total. The van der Waals surface area contributed by atoms with Crippen molar-refractivity contribution in [1.29, 1.82) is 0 Å². The molecule has 0 unspecified atom stereocenters. The molecule has 2 nitrogen and oxygen atoms in total. The van der Waals surface area contributed by atoms with Crippen molar-refractivity contribution >= 4 is 43.4 Å². The van der Waals surface area contributed by atoms with E-state index in [0.29, 0.717) is 0 Å². The summed E-state index contributed by atoms with van der Waals surface area (Å²) in [5, 5.41) is 7.59. The number of imidazole rings is 1. The maximum Gasteiger partial charge on any atom is 0.111 e. The summed E-state index contributed by atoms with van der Waals surface area (Å²) in [6.07, 6.45) is 0. The van der Waals surface area contributed by atoms with Gasteiger partial charge in [0.05, 0.1) is 16.7 Å². The van der Waals surface area contributed by atoms with Crippen molar-refractivity contribution in [2.45, 2.75) is 6.92 Å². The van der Waals surface area contributed by atoms with Crippen molar-refractivity contribution in [3.63, 3.8) is 0 Å². The summed E-state index contributed by atoms with van der Waals surface area (Å²) in [5.74, 6) is 0.984. The van der Waals surface area contributed by atoms with Gasteiger partial charge >= 0.3 is 0 Å². The molecule has 242 valence electrons. The number of rotatable bonds is 4. The molecular formula is C50H32N2. The van der Waals surface area contributed by atoms with Crippen molar-refractivity contribution in [2.75, 3.05) is 0 Å². The van der Waals surface area contributed by atoms with Crippen LogP contribution in [0.3, 0.4) is 0 Å². The van der Waals surface area contributed by atoms with Gasteiger partial charge in [0.25, 0.3) is 0 Å². The molecule has 0 amide bonds. The molecular weight excluding hydrogens is 629 g/mol. The van der Waals surface area contributed by atoms with E-state index in [-0.39, 0.29) is 0 Å². The molecule has 0 spiro atoms. The maximum absolute atomic E-state index is 4.90. The minimum atomic E-state index is 0.984. The molecule has 1 aliphatic rings. The SMILES string of the molecule is Cc1nc2ccccc2n1-c1ccc(-c2ccc3c4c(cccc24)-c2c-3c(-c3ccccc3)c3ccccc3c2-c2ccccc2)c2ccccc12. The van der Waals surface area contributed by atoms with E-state index in [0.717, 1.165) is 22.5 Å². The third-order valence-electron chi connectivity index (χ3n) is 11.1. The largest absolute Gasteiger partial charge is 0.296 e. The van der Waals surface area contributed by atoms with Crippen LogP contribution in [-0.4, -0.2) is 9.55 Å². The van der Waals surface area contributed by atoms with Crippen molar-refractivity contribution in [3.05, 3.63) is 182 Å². The Bertz CT molecular complexity index is 2970. The van der Waals surface area contributed by atoms with E-state index in [4.69, 9.17) is 4.98 Å². The van der Waals surface area contributed by atoms with Crippen LogP contribution in [0.4, 0.5) is 0 Å². The number of para-hydroxylation sites is 2. The fourth-order valence-corrected chi connectivity index (χ4v) is 9.01. The Kier molecular flexibility index (Phi) is 6.20. The Morgan fingerprint density at radius 1 is 0.365 bits per heavy atom. The fourth-order valence-electron chi connectivity index (χ4n) is 9.01. The van der Waals surface area contributed by atoms with Gasteiger partial charge in [0, 0.05) is 5.39 Å². The minimum Gasteiger partial charge on any atom is -0.296 e. The molecule has 1 heterocycles. The topological polar surface area (TPSA) is 17.8 Å². The summed E-state index contributed by atoms with van der Waals surface area (Å²) in [4.78, 5) is 4.90. The number of fused-ring (bicyclic) bond motifs is 6. The molecule has 0 saturated heterocycles. The van der Waals surface area contributed by atoms with E-state index >= 15 is 0 Å². The molecule has 0 atom stereocenters. The van der Waals surface area contributed by atoms with Crippen LogP contribution in [0.15, 0.2) is 176 Å². The lowest BCUT2D eigenvalue weighted by Crippen LogP contribution is -1.99. The van der Waals surface area contributed by atoms with Gasteiger partial charge in [-0.1, -0.05) is 158 Å². The molecule has 0 fully saturated rings. The molecule has 0 bridgehead atoms. The van der Waals surface area contributed by atoms with E-state index in [1.54, 1.807) is 0 Å². The zero-order chi connectivity index (χ0) is 34.3. The minimum absolute atomic E-state index is 0.984. The van der Waals surface area contributed by atoms with E-state index < -0.39 is 0 Å². The lowest BCUT2D eigenvalue weighted by atomic mass is 9.82. The Morgan fingerprint density at radius 3 is 1.56 bits per heavy atom. The first-order valence-electron chi connectivity index (χ1n) is 18.0. The highest BCUT2D eigenvalue weighted by molar-refractivity contribution is 6.29. The van der Waals surface area contributed by atoms with Crippen LogP contribution in [0, 0.1) is 6.92 Å². The average molecular weight is 661 g/mol. The predicted octanol–water partition coefficient (Wildman–Crippen LogP) is 13.4. The van der Waals surface area contributed by atoms with Gasteiger partial charge in [0.1, 0.15) is 5.82 Å². The summed E-state index contributed by atoms with van der Waals surface area (Å²) < 4.78 is 2.30. The molecule has 0 aliphatic heterocycles. The Morgan fingerprint density at radius 2 is 0.865 bits per heavy atom. The molecule has 2 heteroatoms. The number of hydrogen-bond donors (Lipinski definition) is 0. The standard InChI is InChI=1S/C50H32N2/c1-31-51-43-25-12-13-26-45(43)52(31)44-30-29-35(34-19-8-9-20-37(34)44)36-27-28-42-48-38(36)23-14-24-41(48)49-46(32-15-4-2-5-16-32)39-21-10-11-22-40(39)47(50(42)49)33-17-6-3-7-18-33/h2-30H,1H3. The Balaban J connectivity index is 1.22. The number of aryl methyl sites for hydroxylation is 1. The average Bonchev–Trinajstić information content (AvgIpc) is 3.72. The molecule has 1 aromatic heterocycles. The monoisotopic (exact) mass is 660 g/mol. The first kappa shape index (κ1) is 29.0. The first-order valence-corrected chi connectivity index (χ1v) is 18.0. The van der Waals surface area contributed by atoms with Gasteiger partial charge in [-0.05, 0) is 108 Å². The highest BCUT2D eigenvalue weighted by Crippen LogP contribution is 2.58. The van der Waals surface area contributed by atoms with Crippen LogP contribution in [-0.2, 0) is 0 Å². The van der Waals surface area contributed by atoms with Gasteiger partial charge in [-0.2, -0.15) is 0 Å². The van der Waals surface area contributed by atoms with E-state index in [1.807, 2.05) is 0 Å². The van der Waals surface area contributed by atoms with Crippen LogP contribution in [0.2, 0.25) is 0 Å². The number of aromatic nitrogens is 2. The van der Waals surface area contributed by atoms with Gasteiger partial charge in [-0.3, -0.25) is 4.57 Å². The normalized spacial score (nSPS) is 11.9. The lowest BCUT2D eigenvalue weighted by molar-refractivity contribution is 1.01. The van der Waals surface area contributed by atoms with E-state index in [1.165, 1.54) is 88.0 Å². The molecule has 52 heavy (non-hydrogen) atoms. The second-order valence-corrected chi connectivity index (χ2v) is 13.8. The zero-order valence-electron chi connectivity index (χ0n) is 28.6. The summed E-state index contributed by atoms with van der Waals surface area (Å²) >= 11 is 0. The maximum atomic E-state index is 4.90. The van der Waals surface area contributed by atoms with Crippen molar-refractivity contribution in [2.24, 2.45) is 0 Å². The molecule has 0 radical (unpaired) electrons. The van der Waals surface area contributed by atoms with Gasteiger partial charge in [0.15, 0.2) is 0 Å². The van der Waals surface area contributed by atoms with Gasteiger partial charge in [-0.25, -0.2) is 4.98 Å². The van der Waals surface area contributed by atoms with Crippen LogP contribution in [0.25, 0.3) is 105 Å². The molecule has 10 aromatic rings. The number of nitrogens with zero attached hydrogens (tertiary/aromatic N) is 2. The molecule has 1 aliphatic carbocycles. The third-order valence-corrected chi connectivity index (χ3v) is 11.1. The van der Waals surface area contributed by atoms with Gasteiger partial charge in [-0.15, -0.1) is 0 Å². The predicted molar refractivity (Wildman–Crippen MR) is 219 cm³/mol. The van der Waals surface area contributed by atoms with Crippen molar-refractivity contribution < 1.29 is 0 Å². The van der Waals surface area contributed by atoms with Gasteiger partial charge in [0.2, 0.25) is 0 Å². The third kappa shape index (κ3) is 4.03. The van der Waals surface area contributed by atoms with Crippen LogP contribution in [0.5, 0.6) is 0 Å².